The Balaban J connectivity index is 2.10. The molecule has 0 bridgehead atoms. The fourth-order valence-electron chi connectivity index (χ4n) is 1.76. The van der Waals surface area contributed by atoms with Crippen LogP contribution in [0.15, 0.2) is 64.6 Å². The van der Waals surface area contributed by atoms with Gasteiger partial charge in [0.05, 0.1) is 12.6 Å². The van der Waals surface area contributed by atoms with Gasteiger partial charge in [-0.1, -0.05) is 42.5 Å². The summed E-state index contributed by atoms with van der Waals surface area (Å²) in [5.74, 6) is 0.805. The van der Waals surface area contributed by atoms with Crippen molar-refractivity contribution in [3.8, 4) is 5.75 Å². The summed E-state index contributed by atoms with van der Waals surface area (Å²) in [6.07, 6.45) is 0. The molecule has 2 rings (SSSR count). The zero-order valence-electron chi connectivity index (χ0n) is 12.7. The summed E-state index contributed by atoms with van der Waals surface area (Å²) in [6.45, 7) is 7.03. The normalized spacial score (nSPS) is 10.6. The number of nitrogens with zero attached hydrogens (tertiary/aromatic N) is 2. The smallest absolute Gasteiger partial charge is 0.242 e. The predicted molar refractivity (Wildman–Crippen MR) is 90.1 cm³/mol. The number of rotatable bonds is 5. The standard InChI is InChI=1S/C17H20N2OSi/c1-21(2,3)20-17-12-8-7-11-16(17)19-14-18-13-15-9-5-4-6-10-15/h4-12H,13H2,1-3H3. The highest BCUT2D eigenvalue weighted by molar-refractivity contribution is 6.70. The molecule has 0 saturated heterocycles. The maximum absolute atomic E-state index is 6.01. The molecule has 0 aliphatic rings. The Bertz CT molecular complexity index is 641. The van der Waals surface area contributed by atoms with E-state index in [-0.39, 0.29) is 0 Å². The molecule has 0 heterocycles. The molecule has 108 valence electrons. The zero-order chi connectivity index (χ0) is 15.1. The topological polar surface area (TPSA) is 34.0 Å². The third-order valence-electron chi connectivity index (χ3n) is 2.63. The minimum atomic E-state index is -1.65. The van der Waals surface area contributed by atoms with Crippen molar-refractivity contribution in [1.82, 2.24) is 0 Å². The van der Waals surface area contributed by atoms with E-state index in [2.05, 4.69) is 35.6 Å². The van der Waals surface area contributed by atoms with Crippen molar-refractivity contribution in [2.75, 3.05) is 0 Å². The van der Waals surface area contributed by atoms with E-state index in [1.54, 1.807) is 0 Å². The van der Waals surface area contributed by atoms with Crippen LogP contribution in [0.25, 0.3) is 0 Å². The van der Waals surface area contributed by atoms with E-state index in [9.17, 15) is 0 Å². The van der Waals surface area contributed by atoms with Crippen molar-refractivity contribution < 1.29 is 4.43 Å². The Morgan fingerprint density at radius 3 is 2.33 bits per heavy atom. The van der Waals surface area contributed by atoms with Crippen LogP contribution in [0, 0.1) is 0 Å². The second kappa shape index (κ2) is 7.02. The lowest BCUT2D eigenvalue weighted by Gasteiger charge is -2.19. The van der Waals surface area contributed by atoms with Crippen molar-refractivity contribution in [3.05, 3.63) is 60.2 Å². The zero-order valence-corrected chi connectivity index (χ0v) is 13.7. The highest BCUT2D eigenvalue weighted by Crippen LogP contribution is 2.28. The van der Waals surface area contributed by atoms with Gasteiger partial charge in [0, 0.05) is 0 Å². The number of hydrogen-bond donors (Lipinski definition) is 0. The molecule has 0 fully saturated rings. The molecule has 0 unspecified atom stereocenters. The molecule has 0 atom stereocenters. The molecule has 4 heteroatoms. The fourth-order valence-corrected chi connectivity index (χ4v) is 2.60. The van der Waals surface area contributed by atoms with Crippen LogP contribution in [0.5, 0.6) is 5.75 Å². The van der Waals surface area contributed by atoms with Gasteiger partial charge in [-0.15, -0.1) is 0 Å². The molecule has 21 heavy (non-hydrogen) atoms. The lowest BCUT2D eigenvalue weighted by molar-refractivity contribution is 0.559. The second-order valence-corrected chi connectivity index (χ2v) is 10.1. The number of para-hydroxylation sites is 2. The molecule has 0 aliphatic carbocycles. The van der Waals surface area contributed by atoms with Gasteiger partial charge >= 0.3 is 0 Å². The lowest BCUT2D eigenvalue weighted by atomic mass is 10.2. The third kappa shape index (κ3) is 5.38. The molecule has 2 aromatic carbocycles. The van der Waals surface area contributed by atoms with Crippen molar-refractivity contribution in [1.29, 1.82) is 0 Å². The Morgan fingerprint density at radius 1 is 0.952 bits per heavy atom. The molecule has 0 saturated carbocycles. The maximum atomic E-state index is 6.01. The predicted octanol–water partition coefficient (Wildman–Crippen LogP) is 4.91. The third-order valence-corrected chi connectivity index (χ3v) is 3.46. The van der Waals surface area contributed by atoms with E-state index in [1.807, 2.05) is 54.6 Å². The van der Waals surface area contributed by atoms with Gasteiger partial charge in [-0.25, -0.2) is 4.99 Å². The van der Waals surface area contributed by atoms with E-state index >= 15 is 0 Å². The highest BCUT2D eigenvalue weighted by atomic mass is 28.4. The van der Waals surface area contributed by atoms with Crippen LogP contribution in [0.2, 0.25) is 19.6 Å². The van der Waals surface area contributed by atoms with E-state index in [4.69, 9.17) is 4.43 Å². The molecule has 2 aromatic rings. The summed E-state index contributed by atoms with van der Waals surface area (Å²) in [4.78, 5) is 8.50. The molecule has 0 aliphatic heterocycles. The SMILES string of the molecule is C[Si](C)(C)Oc1ccccc1N=C=NCc1ccccc1. The van der Waals surface area contributed by atoms with Crippen molar-refractivity contribution in [2.45, 2.75) is 26.2 Å². The maximum Gasteiger partial charge on any atom is 0.242 e. The van der Waals surface area contributed by atoms with Crippen molar-refractivity contribution >= 4 is 20.0 Å². The quantitative estimate of drug-likeness (QED) is 0.570. The molecule has 0 radical (unpaired) electrons. The fraction of sp³-hybridized carbons (Fsp3) is 0.235. The Morgan fingerprint density at radius 2 is 1.62 bits per heavy atom. The van der Waals surface area contributed by atoms with Crippen LogP contribution in [0.4, 0.5) is 5.69 Å². The molecular weight excluding hydrogens is 276 g/mol. The van der Waals surface area contributed by atoms with Gasteiger partial charge in [0.1, 0.15) is 11.4 Å². The number of aliphatic imine (C=N–C) groups is 2. The first kappa shape index (κ1) is 15.2. The lowest BCUT2D eigenvalue weighted by Crippen LogP contribution is -2.29. The molecule has 0 aromatic heterocycles. The summed E-state index contributed by atoms with van der Waals surface area (Å²) in [6, 6.07) is 20.6. The van der Waals surface area contributed by atoms with Crippen LogP contribution in [-0.2, 0) is 6.54 Å². The van der Waals surface area contributed by atoms with Gasteiger partial charge in [0.15, 0.2) is 0 Å². The first-order valence-corrected chi connectivity index (χ1v) is 10.4. The molecule has 0 spiro atoms. The first-order chi connectivity index (χ1) is 10.0. The van der Waals surface area contributed by atoms with Crippen LogP contribution >= 0.6 is 0 Å². The Labute approximate surface area is 127 Å². The van der Waals surface area contributed by atoms with Gasteiger partial charge in [-0.3, -0.25) is 0 Å². The molecule has 3 nitrogen and oxygen atoms in total. The summed E-state index contributed by atoms with van der Waals surface area (Å²) in [5, 5.41) is 0. The molecule has 0 N–H and O–H groups in total. The summed E-state index contributed by atoms with van der Waals surface area (Å²) in [5.41, 5.74) is 1.92. The average Bonchev–Trinajstić information content (AvgIpc) is 2.45. The Hall–Kier alpha value is -2.16. The minimum Gasteiger partial charge on any atom is -0.543 e. The van der Waals surface area contributed by atoms with Gasteiger partial charge < -0.3 is 4.43 Å². The van der Waals surface area contributed by atoms with Gasteiger partial charge in [0.25, 0.3) is 0 Å². The van der Waals surface area contributed by atoms with Gasteiger partial charge in [-0.2, -0.15) is 4.99 Å². The number of hydrogen-bond acceptors (Lipinski definition) is 3. The van der Waals surface area contributed by atoms with Gasteiger partial charge in [0.2, 0.25) is 8.32 Å². The van der Waals surface area contributed by atoms with E-state index < -0.39 is 8.32 Å². The minimum absolute atomic E-state index is 0.585. The van der Waals surface area contributed by atoms with Gasteiger partial charge in [-0.05, 0) is 37.3 Å². The van der Waals surface area contributed by atoms with E-state index in [1.165, 1.54) is 0 Å². The summed E-state index contributed by atoms with van der Waals surface area (Å²) >= 11 is 0. The first-order valence-electron chi connectivity index (χ1n) is 6.99. The van der Waals surface area contributed by atoms with Crippen molar-refractivity contribution in [3.63, 3.8) is 0 Å². The highest BCUT2D eigenvalue weighted by Gasteiger charge is 2.17. The summed E-state index contributed by atoms with van der Waals surface area (Å²) in [7, 11) is -1.65. The van der Waals surface area contributed by atoms with Crippen LogP contribution in [-0.4, -0.2) is 14.3 Å². The largest absolute Gasteiger partial charge is 0.543 e. The monoisotopic (exact) mass is 296 g/mol. The van der Waals surface area contributed by atoms with Crippen molar-refractivity contribution in [2.24, 2.45) is 9.98 Å². The number of benzene rings is 2. The molecular formula is C17H20N2OSi. The van der Waals surface area contributed by atoms with E-state index in [0.717, 1.165) is 17.0 Å². The summed E-state index contributed by atoms with van der Waals surface area (Å²) < 4.78 is 6.01. The molecule has 0 amide bonds. The van der Waals surface area contributed by atoms with E-state index in [0.29, 0.717) is 6.54 Å². The Kier molecular flexibility index (Phi) is 5.09. The second-order valence-electron chi connectivity index (χ2n) is 5.70. The van der Waals surface area contributed by atoms with Crippen LogP contribution in [0.3, 0.4) is 0 Å². The van der Waals surface area contributed by atoms with Crippen LogP contribution in [0.1, 0.15) is 5.56 Å². The average molecular weight is 296 g/mol. The van der Waals surface area contributed by atoms with Crippen LogP contribution < -0.4 is 4.43 Å².